The summed E-state index contributed by atoms with van der Waals surface area (Å²) in [5.74, 6) is 6.88. The zero-order chi connectivity index (χ0) is 14.9. The normalized spacial score (nSPS) is 14.2. The molecule has 0 bridgehead atoms. The van der Waals surface area contributed by atoms with E-state index in [2.05, 4.69) is 37.9 Å². The van der Waals surface area contributed by atoms with Gasteiger partial charge < -0.3 is 10.7 Å². The summed E-state index contributed by atoms with van der Waals surface area (Å²) in [6.07, 6.45) is 5.87. The number of rotatable bonds is 5. The summed E-state index contributed by atoms with van der Waals surface area (Å²) < 4.78 is 1.79. The predicted octanol–water partition coefficient (Wildman–Crippen LogP) is 1.92. The fraction of sp³-hybridized carbons (Fsp3) is 0.267. The van der Waals surface area contributed by atoms with Gasteiger partial charge in [-0.2, -0.15) is 5.10 Å². The van der Waals surface area contributed by atoms with Gasteiger partial charge in [0.15, 0.2) is 11.5 Å². The summed E-state index contributed by atoms with van der Waals surface area (Å²) in [4.78, 5) is 8.41. The second-order valence-electron chi connectivity index (χ2n) is 5.53. The molecular formula is C15H17N7. The topological polar surface area (TPSA) is 93.7 Å². The molecule has 0 atom stereocenters. The number of hydrogen-bond donors (Lipinski definition) is 3. The third-order valence-electron chi connectivity index (χ3n) is 3.89. The summed E-state index contributed by atoms with van der Waals surface area (Å²) in [5, 5.41) is 8.68. The monoisotopic (exact) mass is 295 g/mol. The quantitative estimate of drug-likeness (QED) is 0.492. The largest absolute Gasteiger partial charge is 0.385 e. The van der Waals surface area contributed by atoms with E-state index in [1.54, 1.807) is 10.9 Å². The van der Waals surface area contributed by atoms with Gasteiger partial charge in [-0.15, -0.1) is 0 Å². The van der Waals surface area contributed by atoms with E-state index in [1.807, 2.05) is 12.1 Å². The Morgan fingerprint density at radius 3 is 3.00 bits per heavy atom. The lowest BCUT2D eigenvalue weighted by Crippen LogP contribution is -2.09. The summed E-state index contributed by atoms with van der Waals surface area (Å²) in [6, 6.07) is 8.17. The Labute approximate surface area is 127 Å². The molecule has 0 amide bonds. The lowest BCUT2D eigenvalue weighted by molar-refractivity contribution is 0.882. The molecule has 0 spiro atoms. The Bertz CT molecular complexity index is 807. The molecule has 0 aliphatic heterocycles. The van der Waals surface area contributed by atoms with Crippen LogP contribution in [0.1, 0.15) is 12.8 Å². The number of aromatic nitrogens is 4. The minimum atomic E-state index is 0.569. The Morgan fingerprint density at radius 1 is 1.27 bits per heavy atom. The van der Waals surface area contributed by atoms with E-state index in [4.69, 9.17) is 5.84 Å². The van der Waals surface area contributed by atoms with Crippen LogP contribution in [0.3, 0.4) is 0 Å². The number of nitrogens with zero attached hydrogens (tertiary/aromatic N) is 4. The molecule has 7 heteroatoms. The third kappa shape index (κ3) is 2.35. The van der Waals surface area contributed by atoms with Gasteiger partial charge in [0.05, 0.1) is 17.3 Å². The number of anilines is 2. The van der Waals surface area contributed by atoms with Gasteiger partial charge in [-0.1, -0.05) is 6.07 Å². The summed E-state index contributed by atoms with van der Waals surface area (Å²) in [6.45, 7) is 1.03. The fourth-order valence-electron chi connectivity index (χ4n) is 2.48. The summed E-state index contributed by atoms with van der Waals surface area (Å²) in [7, 11) is 0. The fourth-order valence-corrected chi connectivity index (χ4v) is 2.48. The summed E-state index contributed by atoms with van der Waals surface area (Å²) in [5.41, 5.74) is 5.35. The highest BCUT2D eigenvalue weighted by Gasteiger charge is 2.20. The summed E-state index contributed by atoms with van der Waals surface area (Å²) >= 11 is 0. The zero-order valence-electron chi connectivity index (χ0n) is 12.0. The van der Waals surface area contributed by atoms with Gasteiger partial charge >= 0.3 is 0 Å². The van der Waals surface area contributed by atoms with Crippen molar-refractivity contribution in [3.05, 3.63) is 36.8 Å². The molecule has 2 heterocycles. The number of nitrogen functional groups attached to an aromatic ring is 1. The average molecular weight is 295 g/mol. The van der Waals surface area contributed by atoms with E-state index in [0.29, 0.717) is 5.82 Å². The second kappa shape index (κ2) is 5.27. The van der Waals surface area contributed by atoms with Gasteiger partial charge in [0, 0.05) is 12.2 Å². The number of fused-ring (bicyclic) bond motifs is 1. The van der Waals surface area contributed by atoms with Crippen molar-refractivity contribution in [1.29, 1.82) is 0 Å². The van der Waals surface area contributed by atoms with E-state index in [9.17, 15) is 0 Å². The molecule has 4 N–H and O–H groups in total. The van der Waals surface area contributed by atoms with Crippen molar-refractivity contribution < 1.29 is 0 Å². The van der Waals surface area contributed by atoms with Gasteiger partial charge in [0.1, 0.15) is 6.33 Å². The molecule has 2 aromatic heterocycles. The Kier molecular flexibility index (Phi) is 3.12. The van der Waals surface area contributed by atoms with Crippen molar-refractivity contribution >= 4 is 22.5 Å². The maximum Gasteiger partial charge on any atom is 0.168 e. The molecular weight excluding hydrogens is 278 g/mol. The van der Waals surface area contributed by atoms with E-state index in [-0.39, 0.29) is 0 Å². The SMILES string of the molecule is NNc1ncnc2c1cnn2-c1cccc(NCC2CC2)c1. The molecule has 22 heavy (non-hydrogen) atoms. The second-order valence-corrected chi connectivity index (χ2v) is 5.53. The number of nitrogens with one attached hydrogen (secondary N) is 2. The average Bonchev–Trinajstić information content (AvgIpc) is 3.29. The Morgan fingerprint density at radius 2 is 2.18 bits per heavy atom. The predicted molar refractivity (Wildman–Crippen MR) is 85.7 cm³/mol. The van der Waals surface area contributed by atoms with E-state index in [0.717, 1.165) is 34.9 Å². The maximum atomic E-state index is 5.47. The molecule has 4 rings (SSSR count). The van der Waals surface area contributed by atoms with Crippen LogP contribution in [0.15, 0.2) is 36.8 Å². The first kappa shape index (κ1) is 13.0. The first-order valence-electron chi connectivity index (χ1n) is 7.35. The van der Waals surface area contributed by atoms with E-state index in [1.165, 1.54) is 19.2 Å². The van der Waals surface area contributed by atoms with Gasteiger partial charge in [0.2, 0.25) is 0 Å². The van der Waals surface area contributed by atoms with Crippen LogP contribution in [0.5, 0.6) is 0 Å². The minimum absolute atomic E-state index is 0.569. The molecule has 1 aliphatic rings. The molecule has 1 fully saturated rings. The minimum Gasteiger partial charge on any atom is -0.385 e. The standard InChI is InChI=1S/C15H17N7/c16-21-14-13-8-20-22(15(13)19-9-18-14)12-3-1-2-11(6-12)17-7-10-4-5-10/h1-3,6,8-10,17H,4-5,7,16H2,(H,18,19,21). The Balaban J connectivity index is 1.70. The molecule has 0 unspecified atom stereocenters. The van der Waals surface area contributed by atoms with Crippen molar-refractivity contribution in [3.8, 4) is 5.69 Å². The van der Waals surface area contributed by atoms with Crippen LogP contribution in [0, 0.1) is 5.92 Å². The number of benzene rings is 1. The van der Waals surface area contributed by atoms with E-state index < -0.39 is 0 Å². The smallest absolute Gasteiger partial charge is 0.168 e. The molecule has 0 radical (unpaired) electrons. The molecule has 1 aliphatic carbocycles. The van der Waals surface area contributed by atoms with E-state index >= 15 is 0 Å². The molecule has 0 saturated heterocycles. The molecule has 3 aromatic rings. The van der Waals surface area contributed by atoms with Crippen LogP contribution in [0.4, 0.5) is 11.5 Å². The van der Waals surface area contributed by atoms with Crippen LogP contribution < -0.4 is 16.6 Å². The highest BCUT2D eigenvalue weighted by molar-refractivity contribution is 5.86. The van der Waals surface area contributed by atoms with Crippen molar-refractivity contribution in [3.63, 3.8) is 0 Å². The third-order valence-corrected chi connectivity index (χ3v) is 3.89. The Hall–Kier alpha value is -2.67. The van der Waals surface area contributed by atoms with Gasteiger partial charge in [-0.05, 0) is 37.0 Å². The van der Waals surface area contributed by atoms with Crippen molar-refractivity contribution in [2.45, 2.75) is 12.8 Å². The molecule has 1 aromatic carbocycles. The van der Waals surface area contributed by atoms with Gasteiger partial charge in [-0.25, -0.2) is 20.5 Å². The number of nitrogens with two attached hydrogens (primary N) is 1. The zero-order valence-corrected chi connectivity index (χ0v) is 12.0. The van der Waals surface area contributed by atoms with Gasteiger partial charge in [0.25, 0.3) is 0 Å². The van der Waals surface area contributed by atoms with Crippen LogP contribution in [0.25, 0.3) is 16.7 Å². The van der Waals surface area contributed by atoms with Crippen molar-refractivity contribution in [2.24, 2.45) is 11.8 Å². The maximum absolute atomic E-state index is 5.47. The molecule has 7 nitrogen and oxygen atoms in total. The first-order chi connectivity index (χ1) is 10.8. The van der Waals surface area contributed by atoms with Crippen molar-refractivity contribution in [1.82, 2.24) is 19.7 Å². The highest BCUT2D eigenvalue weighted by atomic mass is 15.3. The highest BCUT2D eigenvalue weighted by Crippen LogP contribution is 2.29. The van der Waals surface area contributed by atoms with Crippen LogP contribution >= 0.6 is 0 Å². The number of hydrogen-bond acceptors (Lipinski definition) is 6. The van der Waals surface area contributed by atoms with Crippen LogP contribution in [0.2, 0.25) is 0 Å². The molecule has 1 saturated carbocycles. The van der Waals surface area contributed by atoms with Crippen molar-refractivity contribution in [2.75, 3.05) is 17.3 Å². The molecule has 112 valence electrons. The lowest BCUT2D eigenvalue weighted by Gasteiger charge is -2.08. The van der Waals surface area contributed by atoms with Gasteiger partial charge in [-0.3, -0.25) is 0 Å². The first-order valence-corrected chi connectivity index (χ1v) is 7.35. The van der Waals surface area contributed by atoms with Crippen LogP contribution in [-0.4, -0.2) is 26.3 Å². The lowest BCUT2D eigenvalue weighted by atomic mass is 10.2. The van der Waals surface area contributed by atoms with Crippen LogP contribution in [-0.2, 0) is 0 Å². The number of hydrazine groups is 1.